The lowest BCUT2D eigenvalue weighted by Gasteiger charge is -2.37. The zero-order valence-electron chi connectivity index (χ0n) is 20.0. The fourth-order valence-electron chi connectivity index (χ4n) is 4.59. The molecule has 0 radical (unpaired) electrons. The number of rotatable bonds is 2. The predicted molar refractivity (Wildman–Crippen MR) is 135 cm³/mol. The summed E-state index contributed by atoms with van der Waals surface area (Å²) in [7, 11) is -1.91. The Kier molecular flexibility index (Phi) is 6.52. The van der Waals surface area contributed by atoms with Crippen LogP contribution in [0.2, 0.25) is 0 Å². The van der Waals surface area contributed by atoms with E-state index < -0.39 is 15.6 Å². The van der Waals surface area contributed by atoms with Crippen molar-refractivity contribution in [2.75, 3.05) is 13.1 Å². The van der Waals surface area contributed by atoms with Gasteiger partial charge in [-0.2, -0.15) is 5.26 Å². The van der Waals surface area contributed by atoms with Gasteiger partial charge in [0.2, 0.25) is 10.0 Å². The van der Waals surface area contributed by atoms with Crippen LogP contribution in [0.25, 0.3) is 0 Å². The summed E-state index contributed by atoms with van der Waals surface area (Å²) in [5.74, 6) is 0.160. The van der Waals surface area contributed by atoms with Crippen LogP contribution in [0.3, 0.4) is 0 Å². The van der Waals surface area contributed by atoms with Gasteiger partial charge in [0, 0.05) is 19.7 Å². The van der Waals surface area contributed by atoms with Crippen LogP contribution in [0.4, 0.5) is 4.39 Å². The van der Waals surface area contributed by atoms with Crippen LogP contribution in [0.5, 0.6) is 11.5 Å². The Balaban J connectivity index is 1.77. The van der Waals surface area contributed by atoms with E-state index >= 15 is 0 Å². The summed E-state index contributed by atoms with van der Waals surface area (Å²) in [6, 6.07) is 19.7. The molecule has 10 heteroatoms. The monoisotopic (exact) mass is 517 g/mol. The molecule has 1 atom stereocenters. The Morgan fingerprint density at radius 3 is 2.59 bits per heavy atom. The topological polar surface area (TPSA) is 109 Å². The number of halogens is 1. The minimum Gasteiger partial charge on any atom is -0.456 e. The highest BCUT2D eigenvalue weighted by atomic mass is 32.2. The van der Waals surface area contributed by atoms with Gasteiger partial charge in [-0.3, -0.25) is 5.32 Å². The molecule has 1 aliphatic heterocycles. The number of nitriles is 1. The normalized spacial score (nSPS) is 19.3. The van der Waals surface area contributed by atoms with Crippen molar-refractivity contribution >= 4 is 10.0 Å². The summed E-state index contributed by atoms with van der Waals surface area (Å²) in [5.41, 5.74) is 1.51. The lowest BCUT2D eigenvalue weighted by molar-refractivity contribution is 0.435. The third-order valence-electron chi connectivity index (χ3n) is 6.39. The molecule has 4 aromatic rings. The summed E-state index contributed by atoms with van der Waals surface area (Å²) in [6.45, 7) is 0.602. The number of hydrogen-bond acceptors (Lipinski definition) is 6. The third-order valence-corrected chi connectivity index (χ3v) is 7.85. The van der Waals surface area contributed by atoms with E-state index in [1.807, 2.05) is 17.7 Å². The average Bonchev–Trinajstić information content (AvgIpc) is 3.33. The Hall–Kier alpha value is -4.04. The first-order valence-corrected chi connectivity index (χ1v) is 13.1. The molecule has 0 fully saturated rings. The number of imidazole rings is 1. The molecule has 8 nitrogen and oxygen atoms in total. The van der Waals surface area contributed by atoms with Crippen molar-refractivity contribution < 1.29 is 17.5 Å². The molecular formula is C27H24FN5O3S. The van der Waals surface area contributed by atoms with Crippen molar-refractivity contribution in [1.29, 1.82) is 5.26 Å². The standard InChI is InChI=1S/C27H24FN5O3S/c1-33-18-30-17-26(33)27(20-8-10-22(28)11-9-20)21-7-6-19(16-29)25(14-21)36-23-4-2-5-24(15-23)37(34,35)32-13-3-12-31-27/h2,4-11,14-15,17-18,31-32H,3,12-13H2,1H3. The van der Waals surface area contributed by atoms with Crippen LogP contribution in [-0.2, 0) is 22.6 Å². The van der Waals surface area contributed by atoms with Crippen LogP contribution in [0.15, 0.2) is 84.1 Å². The van der Waals surface area contributed by atoms with Gasteiger partial charge < -0.3 is 9.30 Å². The van der Waals surface area contributed by atoms with Crippen LogP contribution in [-0.4, -0.2) is 31.1 Å². The number of nitrogens with one attached hydrogen (secondary N) is 2. The number of fused-ring (bicyclic) bond motifs is 4. The van der Waals surface area contributed by atoms with E-state index in [2.05, 4.69) is 21.1 Å². The molecule has 0 saturated carbocycles. The second-order valence-electron chi connectivity index (χ2n) is 8.72. The largest absolute Gasteiger partial charge is 0.456 e. The minimum absolute atomic E-state index is 0.0697. The van der Waals surface area contributed by atoms with Gasteiger partial charge >= 0.3 is 0 Å². The molecule has 188 valence electrons. The van der Waals surface area contributed by atoms with Gasteiger partial charge in [-0.25, -0.2) is 22.5 Å². The molecule has 5 rings (SSSR count). The summed E-state index contributed by atoms with van der Waals surface area (Å²) in [4.78, 5) is 4.39. The average molecular weight is 518 g/mol. The van der Waals surface area contributed by atoms with Crippen molar-refractivity contribution in [2.24, 2.45) is 7.05 Å². The van der Waals surface area contributed by atoms with E-state index in [1.54, 1.807) is 48.9 Å². The molecule has 0 saturated heterocycles. The number of benzene rings is 3. The molecule has 0 aliphatic carbocycles. The minimum atomic E-state index is -3.77. The number of aryl methyl sites for hydroxylation is 1. The fraction of sp³-hybridized carbons (Fsp3) is 0.185. The fourth-order valence-corrected chi connectivity index (χ4v) is 5.70. The molecule has 1 unspecified atom stereocenters. The van der Waals surface area contributed by atoms with Gasteiger partial charge in [0.25, 0.3) is 0 Å². The zero-order chi connectivity index (χ0) is 26.0. The van der Waals surface area contributed by atoms with E-state index in [4.69, 9.17) is 4.74 Å². The summed E-state index contributed by atoms with van der Waals surface area (Å²) in [5, 5.41) is 13.4. The summed E-state index contributed by atoms with van der Waals surface area (Å²) >= 11 is 0. The quantitative estimate of drug-likeness (QED) is 0.419. The molecule has 2 heterocycles. The first-order valence-electron chi connectivity index (χ1n) is 11.6. The predicted octanol–water partition coefficient (Wildman–Crippen LogP) is 3.79. The molecule has 0 amide bonds. The highest BCUT2D eigenvalue weighted by Crippen LogP contribution is 2.40. The maximum atomic E-state index is 14.0. The molecule has 3 aromatic carbocycles. The van der Waals surface area contributed by atoms with Gasteiger partial charge in [-0.1, -0.05) is 24.3 Å². The van der Waals surface area contributed by atoms with Crippen LogP contribution in [0, 0.1) is 17.1 Å². The number of sulfonamides is 1. The number of nitrogens with zero attached hydrogens (tertiary/aromatic N) is 3. The van der Waals surface area contributed by atoms with Gasteiger partial charge in [-0.05, 0) is 60.5 Å². The van der Waals surface area contributed by atoms with Crippen molar-refractivity contribution in [3.63, 3.8) is 0 Å². The second kappa shape index (κ2) is 9.78. The summed E-state index contributed by atoms with van der Waals surface area (Å²) < 4.78 is 50.3. The smallest absolute Gasteiger partial charge is 0.240 e. The van der Waals surface area contributed by atoms with E-state index in [1.165, 1.54) is 24.3 Å². The van der Waals surface area contributed by atoms with Crippen molar-refractivity contribution in [3.05, 3.63) is 107 Å². The first kappa shape index (κ1) is 24.6. The number of aromatic nitrogens is 2. The van der Waals surface area contributed by atoms with E-state index in [0.29, 0.717) is 13.0 Å². The van der Waals surface area contributed by atoms with Gasteiger partial charge in [0.1, 0.15) is 28.9 Å². The molecule has 1 aromatic heterocycles. The Bertz CT molecular complexity index is 1600. The lowest BCUT2D eigenvalue weighted by Crippen LogP contribution is -2.47. The molecule has 4 bridgehead atoms. The maximum Gasteiger partial charge on any atom is 0.240 e. The Morgan fingerprint density at radius 2 is 1.86 bits per heavy atom. The first-order chi connectivity index (χ1) is 17.8. The zero-order valence-corrected chi connectivity index (χ0v) is 20.8. The molecule has 37 heavy (non-hydrogen) atoms. The molecule has 0 spiro atoms. The third kappa shape index (κ3) is 4.60. The van der Waals surface area contributed by atoms with E-state index in [-0.39, 0.29) is 34.3 Å². The van der Waals surface area contributed by atoms with Gasteiger partial charge in [0.05, 0.1) is 28.7 Å². The van der Waals surface area contributed by atoms with Gasteiger partial charge in [0.15, 0.2) is 0 Å². The Labute approximate surface area is 214 Å². The van der Waals surface area contributed by atoms with Crippen LogP contribution >= 0.6 is 0 Å². The molecule has 2 N–H and O–H groups in total. The van der Waals surface area contributed by atoms with E-state index in [0.717, 1.165) is 16.8 Å². The second-order valence-corrected chi connectivity index (χ2v) is 10.5. The Morgan fingerprint density at radius 1 is 1.08 bits per heavy atom. The number of hydrogen-bond donors (Lipinski definition) is 2. The maximum absolute atomic E-state index is 14.0. The van der Waals surface area contributed by atoms with Gasteiger partial charge in [-0.15, -0.1) is 0 Å². The highest BCUT2D eigenvalue weighted by molar-refractivity contribution is 7.89. The van der Waals surface area contributed by atoms with Crippen LogP contribution < -0.4 is 14.8 Å². The molecular weight excluding hydrogens is 493 g/mol. The summed E-state index contributed by atoms with van der Waals surface area (Å²) in [6.07, 6.45) is 3.87. The van der Waals surface area contributed by atoms with Crippen molar-refractivity contribution in [3.8, 4) is 17.6 Å². The van der Waals surface area contributed by atoms with E-state index in [9.17, 15) is 18.1 Å². The van der Waals surface area contributed by atoms with Crippen molar-refractivity contribution in [2.45, 2.75) is 16.9 Å². The molecule has 1 aliphatic rings. The highest BCUT2D eigenvalue weighted by Gasteiger charge is 2.39. The SMILES string of the molecule is Cn1cncc1C1(c2ccc(F)cc2)NCCCNS(=O)(=O)c2cccc(c2)Oc2cc1ccc2C#N. The van der Waals surface area contributed by atoms with Crippen LogP contribution in [0.1, 0.15) is 28.8 Å². The van der Waals surface area contributed by atoms with Crippen molar-refractivity contribution in [1.82, 2.24) is 19.6 Å². The lowest BCUT2D eigenvalue weighted by atomic mass is 9.79. The number of ether oxygens (including phenoxy) is 1.